The topological polar surface area (TPSA) is 137 Å². The maximum Gasteiger partial charge on any atom is 0.424 e. The highest BCUT2D eigenvalue weighted by molar-refractivity contribution is 6.00. The first-order valence-corrected chi connectivity index (χ1v) is 13.5. The van der Waals surface area contributed by atoms with E-state index in [0.29, 0.717) is 10.9 Å². The summed E-state index contributed by atoms with van der Waals surface area (Å²) in [6.45, 7) is 1.79. The molecular weight excluding hydrogens is 584 g/mol. The summed E-state index contributed by atoms with van der Waals surface area (Å²) in [6.07, 6.45) is -3.68. The van der Waals surface area contributed by atoms with Crippen LogP contribution in [0.5, 0.6) is 11.5 Å². The van der Waals surface area contributed by atoms with E-state index in [1.165, 1.54) is 31.4 Å². The number of nitrogens with one attached hydrogen (secondary N) is 1. The molecule has 44 heavy (non-hydrogen) atoms. The lowest BCUT2D eigenvalue weighted by atomic mass is 9.78. The second-order valence-electron chi connectivity index (χ2n) is 10.6. The average Bonchev–Trinajstić information content (AvgIpc) is 3.38. The number of primary amides is 1. The third-order valence-electron chi connectivity index (χ3n) is 7.91. The molecular formula is C31H28F4N4O5. The van der Waals surface area contributed by atoms with Gasteiger partial charge in [-0.25, -0.2) is 9.37 Å². The second kappa shape index (κ2) is 11.1. The monoisotopic (exact) mass is 612 g/mol. The van der Waals surface area contributed by atoms with Crippen molar-refractivity contribution in [1.29, 1.82) is 0 Å². The Kier molecular flexibility index (Phi) is 7.70. The van der Waals surface area contributed by atoms with Gasteiger partial charge in [0, 0.05) is 28.3 Å². The van der Waals surface area contributed by atoms with Crippen molar-refractivity contribution in [3.63, 3.8) is 0 Å². The van der Waals surface area contributed by atoms with Crippen LogP contribution in [0.25, 0.3) is 22.2 Å². The molecule has 5 rings (SSSR count). The Bertz CT molecular complexity index is 1780. The van der Waals surface area contributed by atoms with Gasteiger partial charge < -0.3 is 25.6 Å². The van der Waals surface area contributed by atoms with Gasteiger partial charge in [-0.3, -0.25) is 14.6 Å². The molecule has 0 fully saturated rings. The van der Waals surface area contributed by atoms with Crippen molar-refractivity contribution in [2.75, 3.05) is 20.3 Å². The molecule has 9 nitrogen and oxygen atoms in total. The first kappa shape index (κ1) is 30.7. The van der Waals surface area contributed by atoms with E-state index in [9.17, 15) is 32.3 Å². The summed E-state index contributed by atoms with van der Waals surface area (Å²) < 4.78 is 69.0. The van der Waals surface area contributed by atoms with Gasteiger partial charge in [0.15, 0.2) is 0 Å². The van der Waals surface area contributed by atoms with E-state index in [-0.39, 0.29) is 46.9 Å². The summed E-state index contributed by atoms with van der Waals surface area (Å²) in [6, 6.07) is 10.1. The number of alkyl halides is 3. The summed E-state index contributed by atoms with van der Waals surface area (Å²) in [4.78, 5) is 34.2. The van der Waals surface area contributed by atoms with Crippen LogP contribution in [0.4, 0.5) is 17.6 Å². The number of amides is 2. The van der Waals surface area contributed by atoms with Crippen LogP contribution < -0.4 is 20.5 Å². The minimum Gasteiger partial charge on any atom is -0.494 e. The fourth-order valence-electron chi connectivity index (χ4n) is 5.25. The number of pyridine rings is 2. The number of aryl methyl sites for hydroxylation is 1. The number of methoxy groups -OCH3 is 1. The van der Waals surface area contributed by atoms with E-state index < -0.39 is 47.1 Å². The number of hydrogen-bond acceptors (Lipinski definition) is 7. The zero-order valence-electron chi connectivity index (χ0n) is 23.9. The Morgan fingerprint density at radius 3 is 2.48 bits per heavy atom. The molecule has 2 aromatic carbocycles. The minimum absolute atomic E-state index is 0.00652. The molecule has 0 unspecified atom stereocenters. The van der Waals surface area contributed by atoms with E-state index in [4.69, 9.17) is 15.2 Å². The van der Waals surface area contributed by atoms with Gasteiger partial charge in [0.05, 0.1) is 19.3 Å². The number of ether oxygens (including phenoxy) is 2. The molecule has 1 aliphatic heterocycles. The van der Waals surface area contributed by atoms with Crippen LogP contribution in [-0.4, -0.2) is 53.3 Å². The Morgan fingerprint density at radius 1 is 1.16 bits per heavy atom. The highest BCUT2D eigenvalue weighted by Crippen LogP contribution is 2.49. The summed E-state index contributed by atoms with van der Waals surface area (Å²) in [7, 11) is 1.37. The van der Waals surface area contributed by atoms with Crippen LogP contribution in [0.1, 0.15) is 40.5 Å². The van der Waals surface area contributed by atoms with E-state index in [0.717, 1.165) is 23.8 Å². The van der Waals surface area contributed by atoms with Gasteiger partial charge in [-0.2, -0.15) is 13.2 Å². The molecule has 230 valence electrons. The molecule has 0 aliphatic carbocycles. The van der Waals surface area contributed by atoms with Crippen LogP contribution in [-0.2, 0) is 15.8 Å². The Labute approximate surface area is 249 Å². The number of rotatable bonds is 8. The van der Waals surface area contributed by atoms with E-state index >= 15 is 0 Å². The van der Waals surface area contributed by atoms with Crippen LogP contribution in [0.2, 0.25) is 0 Å². The number of carbonyl (C=O) groups is 2. The fraction of sp³-hybridized carbons (Fsp3) is 0.290. The third kappa shape index (κ3) is 5.06. The van der Waals surface area contributed by atoms with Gasteiger partial charge in [-0.15, -0.1) is 0 Å². The van der Waals surface area contributed by atoms with Gasteiger partial charge in [0.1, 0.15) is 40.5 Å². The normalized spacial score (nSPS) is 17.5. The van der Waals surface area contributed by atoms with Crippen LogP contribution in [0.3, 0.4) is 0 Å². The van der Waals surface area contributed by atoms with E-state index in [1.54, 1.807) is 26.1 Å². The molecule has 2 atom stereocenters. The molecule has 13 heteroatoms. The van der Waals surface area contributed by atoms with E-state index in [2.05, 4.69) is 15.3 Å². The van der Waals surface area contributed by atoms with Crippen molar-refractivity contribution in [3.05, 3.63) is 82.9 Å². The molecule has 4 aromatic rings. The van der Waals surface area contributed by atoms with Gasteiger partial charge in [-0.05, 0) is 67.4 Å². The molecule has 1 aliphatic rings. The molecule has 0 radical (unpaired) electrons. The van der Waals surface area contributed by atoms with Gasteiger partial charge >= 0.3 is 6.18 Å². The number of hydrogen-bond donors (Lipinski definition) is 3. The Morgan fingerprint density at radius 2 is 1.86 bits per heavy atom. The fourth-order valence-corrected chi connectivity index (χ4v) is 5.25. The third-order valence-corrected chi connectivity index (χ3v) is 7.91. The van der Waals surface area contributed by atoms with Crippen molar-refractivity contribution in [2.24, 2.45) is 5.73 Å². The second-order valence-corrected chi connectivity index (χ2v) is 10.6. The van der Waals surface area contributed by atoms with Crippen molar-refractivity contribution >= 4 is 22.7 Å². The molecule has 4 N–H and O–H groups in total. The predicted molar refractivity (Wildman–Crippen MR) is 152 cm³/mol. The number of nitrogens with two attached hydrogens (primary N) is 1. The number of benzene rings is 2. The summed E-state index contributed by atoms with van der Waals surface area (Å²) in [5.41, 5.74) is 0.736. The van der Waals surface area contributed by atoms with Crippen LogP contribution in [0, 0.1) is 12.7 Å². The standard InChI is InChI=1S/C31H28F4N4O5/c1-4-29(28(36)41)15-44-26-21(29)12-23(39-25(26)17-5-7-20(32)8-6-17)30(42,31(33,34)35)14-38-27(40)19-10-18-9-16(2)13-37-24(18)22(11-19)43-3/h5-13,42H,4,14-15H2,1-3H3,(H2,36,41)(H,38,40)/t29-,30-/m0/s1. The van der Waals surface area contributed by atoms with Crippen molar-refractivity contribution < 1.29 is 41.7 Å². The maximum atomic E-state index is 14.7. The van der Waals surface area contributed by atoms with Gasteiger partial charge in [0.25, 0.3) is 5.91 Å². The summed E-state index contributed by atoms with van der Waals surface area (Å²) in [5, 5.41) is 14.0. The van der Waals surface area contributed by atoms with Crippen molar-refractivity contribution in [3.8, 4) is 22.8 Å². The van der Waals surface area contributed by atoms with Crippen LogP contribution in [0.15, 0.2) is 54.7 Å². The highest BCUT2D eigenvalue weighted by atomic mass is 19.4. The first-order valence-electron chi connectivity index (χ1n) is 13.5. The quantitative estimate of drug-likeness (QED) is 0.250. The number of aliphatic hydroxyl groups is 1. The molecule has 0 bridgehead atoms. The SMILES string of the molecule is CC[C@]1(C(N)=O)COc2c1cc([C@@](O)(CNC(=O)c1cc(OC)c3ncc(C)cc3c1)C(F)(F)F)nc2-c1ccc(F)cc1. The zero-order chi connectivity index (χ0) is 32.0. The Balaban J connectivity index is 1.61. The number of nitrogens with zero attached hydrogens (tertiary/aromatic N) is 2. The number of fused-ring (bicyclic) bond motifs is 2. The molecule has 2 amide bonds. The molecule has 0 saturated heterocycles. The molecule has 3 heterocycles. The highest BCUT2D eigenvalue weighted by Gasteiger charge is 2.58. The lowest BCUT2D eigenvalue weighted by Gasteiger charge is -2.32. The Hall–Kier alpha value is -4.78. The minimum atomic E-state index is -5.36. The lowest BCUT2D eigenvalue weighted by Crippen LogP contribution is -2.52. The predicted octanol–water partition coefficient (Wildman–Crippen LogP) is 4.46. The van der Waals surface area contributed by atoms with Gasteiger partial charge in [-0.1, -0.05) is 6.92 Å². The largest absolute Gasteiger partial charge is 0.494 e. The summed E-state index contributed by atoms with van der Waals surface area (Å²) >= 11 is 0. The number of halogens is 4. The summed E-state index contributed by atoms with van der Waals surface area (Å²) in [5.74, 6) is -2.17. The lowest BCUT2D eigenvalue weighted by molar-refractivity contribution is -0.265. The average molecular weight is 613 g/mol. The first-order chi connectivity index (χ1) is 20.7. The molecule has 2 aromatic heterocycles. The van der Waals surface area contributed by atoms with Crippen molar-refractivity contribution in [1.82, 2.24) is 15.3 Å². The van der Waals surface area contributed by atoms with E-state index in [1.807, 2.05) is 0 Å². The number of carbonyl (C=O) groups excluding carboxylic acids is 2. The van der Waals surface area contributed by atoms with Crippen LogP contribution >= 0.6 is 0 Å². The molecule has 0 saturated carbocycles. The number of aromatic nitrogens is 2. The van der Waals surface area contributed by atoms with Crippen molar-refractivity contribution in [2.45, 2.75) is 37.5 Å². The zero-order valence-corrected chi connectivity index (χ0v) is 23.9. The maximum absolute atomic E-state index is 14.7. The van der Waals surface area contributed by atoms with Gasteiger partial charge in [0.2, 0.25) is 11.5 Å². The smallest absolute Gasteiger partial charge is 0.424 e. The molecule has 0 spiro atoms.